The Morgan fingerprint density at radius 1 is 0.962 bits per heavy atom. The summed E-state index contributed by atoms with van der Waals surface area (Å²) in [6.45, 7) is 5.30. The van der Waals surface area contributed by atoms with Gasteiger partial charge in [-0.3, -0.25) is 0 Å². The summed E-state index contributed by atoms with van der Waals surface area (Å²) >= 11 is 0. The van der Waals surface area contributed by atoms with Gasteiger partial charge in [0, 0.05) is 29.7 Å². The Morgan fingerprint density at radius 2 is 1.85 bits per heavy atom. The molecule has 0 unspecified atom stereocenters. The highest BCUT2D eigenvalue weighted by molar-refractivity contribution is 5.87. The standard InChI is InChI=1S/C24H24N2/c1-17-9-10-23-22(15-17)21-11-13-25-16-24(21)26(23)14-12-19-7-4-6-18-5-2-3-8-20(18)19/h2-10,15,25H,11-14,16H2,1H3. The van der Waals surface area contributed by atoms with Crippen LogP contribution in [0.1, 0.15) is 22.4 Å². The molecular weight excluding hydrogens is 316 g/mol. The first-order valence-electron chi connectivity index (χ1n) is 9.59. The van der Waals surface area contributed by atoms with Crippen LogP contribution in [0.15, 0.2) is 60.7 Å². The fourth-order valence-corrected chi connectivity index (χ4v) is 4.49. The van der Waals surface area contributed by atoms with Crippen molar-refractivity contribution < 1.29 is 0 Å². The van der Waals surface area contributed by atoms with Gasteiger partial charge in [0.2, 0.25) is 0 Å². The zero-order chi connectivity index (χ0) is 17.5. The van der Waals surface area contributed by atoms with Crippen molar-refractivity contribution >= 4 is 21.7 Å². The van der Waals surface area contributed by atoms with Crippen molar-refractivity contribution in [1.82, 2.24) is 9.88 Å². The molecule has 130 valence electrons. The van der Waals surface area contributed by atoms with Crippen LogP contribution in [0.5, 0.6) is 0 Å². The van der Waals surface area contributed by atoms with E-state index >= 15 is 0 Å². The van der Waals surface area contributed by atoms with E-state index in [9.17, 15) is 0 Å². The van der Waals surface area contributed by atoms with Crippen molar-refractivity contribution in [1.29, 1.82) is 0 Å². The molecule has 2 heterocycles. The molecule has 0 amide bonds. The molecule has 0 aliphatic carbocycles. The molecule has 0 bridgehead atoms. The van der Waals surface area contributed by atoms with E-state index in [0.717, 1.165) is 32.5 Å². The number of nitrogens with zero attached hydrogens (tertiary/aromatic N) is 1. The van der Waals surface area contributed by atoms with E-state index in [-0.39, 0.29) is 0 Å². The quantitative estimate of drug-likeness (QED) is 0.556. The summed E-state index contributed by atoms with van der Waals surface area (Å²) < 4.78 is 2.55. The Labute approximate surface area is 154 Å². The van der Waals surface area contributed by atoms with Crippen molar-refractivity contribution in [2.24, 2.45) is 0 Å². The number of fused-ring (bicyclic) bond motifs is 4. The van der Waals surface area contributed by atoms with Gasteiger partial charge in [0.15, 0.2) is 0 Å². The van der Waals surface area contributed by atoms with E-state index < -0.39 is 0 Å². The fraction of sp³-hybridized carbons (Fsp3) is 0.250. The smallest absolute Gasteiger partial charge is 0.0486 e. The van der Waals surface area contributed by atoms with E-state index in [0.29, 0.717) is 0 Å². The van der Waals surface area contributed by atoms with Crippen molar-refractivity contribution in [3.05, 3.63) is 83.0 Å². The predicted molar refractivity (Wildman–Crippen MR) is 110 cm³/mol. The van der Waals surface area contributed by atoms with Gasteiger partial charge < -0.3 is 9.88 Å². The average molecular weight is 340 g/mol. The van der Waals surface area contributed by atoms with Crippen LogP contribution >= 0.6 is 0 Å². The lowest BCUT2D eigenvalue weighted by Gasteiger charge is -2.17. The third-order valence-corrected chi connectivity index (χ3v) is 5.77. The normalized spacial score (nSPS) is 14.0. The van der Waals surface area contributed by atoms with Gasteiger partial charge >= 0.3 is 0 Å². The van der Waals surface area contributed by atoms with Gasteiger partial charge in [0.1, 0.15) is 0 Å². The van der Waals surface area contributed by atoms with Gasteiger partial charge in [-0.2, -0.15) is 0 Å². The minimum atomic E-state index is 0.985. The zero-order valence-corrected chi connectivity index (χ0v) is 15.3. The molecule has 0 radical (unpaired) electrons. The van der Waals surface area contributed by atoms with Gasteiger partial charge in [-0.25, -0.2) is 0 Å². The Balaban J connectivity index is 1.57. The molecule has 1 aromatic heterocycles. The molecule has 1 aliphatic rings. The van der Waals surface area contributed by atoms with Crippen LogP contribution in [0.3, 0.4) is 0 Å². The second-order valence-electron chi connectivity index (χ2n) is 7.41. The molecule has 0 atom stereocenters. The molecule has 0 fully saturated rings. The lowest BCUT2D eigenvalue weighted by atomic mass is 10.0. The van der Waals surface area contributed by atoms with Crippen LogP contribution in [0.25, 0.3) is 21.7 Å². The molecule has 0 saturated heterocycles. The first kappa shape index (κ1) is 15.7. The van der Waals surface area contributed by atoms with Gasteiger partial charge in [-0.15, -0.1) is 0 Å². The Hall–Kier alpha value is -2.58. The summed E-state index contributed by atoms with van der Waals surface area (Å²) in [4.78, 5) is 0. The molecule has 3 aromatic carbocycles. The maximum atomic E-state index is 3.56. The predicted octanol–water partition coefficient (Wildman–Crippen LogP) is 4.99. The van der Waals surface area contributed by atoms with Crippen molar-refractivity contribution in [3.8, 4) is 0 Å². The highest BCUT2D eigenvalue weighted by Crippen LogP contribution is 2.30. The second-order valence-corrected chi connectivity index (χ2v) is 7.41. The van der Waals surface area contributed by atoms with E-state index in [2.05, 4.69) is 77.5 Å². The van der Waals surface area contributed by atoms with Gasteiger partial charge in [-0.05, 0) is 60.3 Å². The summed E-state index contributed by atoms with van der Waals surface area (Å²) in [5, 5.41) is 7.74. The topological polar surface area (TPSA) is 17.0 Å². The van der Waals surface area contributed by atoms with Gasteiger partial charge in [0.25, 0.3) is 0 Å². The van der Waals surface area contributed by atoms with Gasteiger partial charge in [0.05, 0.1) is 0 Å². The second kappa shape index (κ2) is 6.30. The molecule has 1 aliphatic heterocycles. The number of benzene rings is 3. The van der Waals surface area contributed by atoms with Crippen molar-refractivity contribution in [2.75, 3.05) is 6.54 Å². The van der Waals surface area contributed by atoms with Crippen LogP contribution in [0.4, 0.5) is 0 Å². The highest BCUT2D eigenvalue weighted by Gasteiger charge is 2.19. The lowest BCUT2D eigenvalue weighted by Crippen LogP contribution is -2.25. The van der Waals surface area contributed by atoms with Crippen LogP contribution < -0.4 is 5.32 Å². The maximum absolute atomic E-state index is 3.56. The van der Waals surface area contributed by atoms with E-state index in [1.807, 2.05) is 0 Å². The number of aryl methyl sites for hydroxylation is 3. The van der Waals surface area contributed by atoms with Gasteiger partial charge in [-0.1, -0.05) is 54.1 Å². The number of rotatable bonds is 3. The SMILES string of the molecule is Cc1ccc2c(c1)c1c(n2CCc2cccc3ccccc23)CNCC1. The monoisotopic (exact) mass is 340 g/mol. The zero-order valence-electron chi connectivity index (χ0n) is 15.3. The third kappa shape index (κ3) is 2.53. The number of hydrogen-bond donors (Lipinski definition) is 1. The lowest BCUT2D eigenvalue weighted by molar-refractivity contribution is 0.585. The Morgan fingerprint density at radius 3 is 2.81 bits per heavy atom. The minimum Gasteiger partial charge on any atom is -0.343 e. The summed E-state index contributed by atoms with van der Waals surface area (Å²) in [5.74, 6) is 0. The summed E-state index contributed by atoms with van der Waals surface area (Å²) in [6, 6.07) is 22.3. The molecule has 0 spiro atoms. The van der Waals surface area contributed by atoms with Crippen LogP contribution in [-0.4, -0.2) is 11.1 Å². The highest BCUT2D eigenvalue weighted by atomic mass is 15.0. The minimum absolute atomic E-state index is 0.985. The molecule has 2 heteroatoms. The molecule has 2 nitrogen and oxygen atoms in total. The maximum Gasteiger partial charge on any atom is 0.0486 e. The molecule has 0 saturated carbocycles. The first-order valence-corrected chi connectivity index (χ1v) is 9.59. The number of aromatic nitrogens is 1. The summed E-state index contributed by atoms with van der Waals surface area (Å²) in [6.07, 6.45) is 2.20. The van der Waals surface area contributed by atoms with E-state index in [4.69, 9.17) is 0 Å². The van der Waals surface area contributed by atoms with E-state index in [1.165, 1.54) is 38.5 Å². The Kier molecular flexibility index (Phi) is 3.79. The molecular formula is C24H24N2. The Bertz CT molecular complexity index is 1100. The molecule has 26 heavy (non-hydrogen) atoms. The molecule has 4 aromatic rings. The van der Waals surface area contributed by atoms with Crippen LogP contribution in [0, 0.1) is 6.92 Å². The largest absolute Gasteiger partial charge is 0.343 e. The fourth-order valence-electron chi connectivity index (χ4n) is 4.49. The molecule has 1 N–H and O–H groups in total. The summed E-state index contributed by atoms with van der Waals surface area (Å²) in [5.41, 5.74) is 7.22. The third-order valence-electron chi connectivity index (χ3n) is 5.77. The van der Waals surface area contributed by atoms with Crippen LogP contribution in [0.2, 0.25) is 0 Å². The van der Waals surface area contributed by atoms with Crippen molar-refractivity contribution in [2.45, 2.75) is 32.9 Å². The van der Waals surface area contributed by atoms with E-state index in [1.54, 1.807) is 5.56 Å². The summed E-state index contributed by atoms with van der Waals surface area (Å²) in [7, 11) is 0. The molecule has 5 rings (SSSR count). The van der Waals surface area contributed by atoms with Crippen LogP contribution in [-0.2, 0) is 25.9 Å². The number of nitrogens with one attached hydrogen (secondary N) is 1. The first-order chi connectivity index (χ1) is 12.8. The van der Waals surface area contributed by atoms with Crippen molar-refractivity contribution in [3.63, 3.8) is 0 Å². The number of hydrogen-bond acceptors (Lipinski definition) is 1. The average Bonchev–Trinajstić information content (AvgIpc) is 2.99.